The molecule has 4 N–H and O–H groups in total. The van der Waals surface area contributed by atoms with E-state index < -0.39 is 18.5 Å². The zero-order chi connectivity index (χ0) is 20.5. The molecule has 150 valence electrons. The lowest BCUT2D eigenvalue weighted by Crippen LogP contribution is -2.41. The summed E-state index contributed by atoms with van der Waals surface area (Å²) in [5.41, 5.74) is 7.69. The van der Waals surface area contributed by atoms with Gasteiger partial charge in [0.05, 0.1) is 25.9 Å². The minimum absolute atomic E-state index is 0.150. The number of carboxylic acid groups (broad SMARTS) is 1. The number of benzene rings is 1. The molecular weight excluding hydrogens is 364 g/mol. The highest BCUT2D eigenvalue weighted by Gasteiger charge is 2.17. The summed E-state index contributed by atoms with van der Waals surface area (Å²) in [5.74, 6) is -0.571. The van der Waals surface area contributed by atoms with Crippen molar-refractivity contribution in [2.75, 3.05) is 18.9 Å². The second kappa shape index (κ2) is 9.95. The first-order chi connectivity index (χ1) is 13.4. The van der Waals surface area contributed by atoms with E-state index in [1.165, 1.54) is 4.90 Å². The van der Waals surface area contributed by atoms with Crippen molar-refractivity contribution >= 4 is 17.7 Å². The Morgan fingerprint density at radius 2 is 2.04 bits per heavy atom. The number of hydrogen-bond acceptors (Lipinski definition) is 6. The topological polar surface area (TPSA) is 136 Å². The number of rotatable bonds is 10. The zero-order valence-corrected chi connectivity index (χ0v) is 15.7. The van der Waals surface area contributed by atoms with Crippen LogP contribution in [0.2, 0.25) is 0 Å². The minimum Gasteiger partial charge on any atom is -0.497 e. The molecule has 0 unspecified atom stereocenters. The third-order valence-corrected chi connectivity index (χ3v) is 3.66. The van der Waals surface area contributed by atoms with E-state index in [0.29, 0.717) is 30.3 Å². The number of carboxylic acids is 1. The van der Waals surface area contributed by atoms with Crippen molar-refractivity contribution in [3.8, 4) is 0 Å². The van der Waals surface area contributed by atoms with Crippen LogP contribution < -0.4 is 11.1 Å². The van der Waals surface area contributed by atoms with Crippen LogP contribution in [-0.4, -0.2) is 50.2 Å². The van der Waals surface area contributed by atoms with E-state index in [-0.39, 0.29) is 13.1 Å². The standard InChI is InChI=1S/C18H24N6O4/c1-3-28-13(2)9-24-12-16(21-22-24)11-23(18(27)20-8-17(25)26)10-14-4-6-15(19)7-5-14/h4-7,12H,2-3,8-11,19H2,1H3,(H,20,27)(H,25,26). The van der Waals surface area contributed by atoms with Gasteiger partial charge in [0.2, 0.25) is 0 Å². The molecule has 0 atom stereocenters. The van der Waals surface area contributed by atoms with Crippen LogP contribution in [0.25, 0.3) is 0 Å². The molecule has 10 heteroatoms. The molecule has 0 bridgehead atoms. The number of anilines is 1. The van der Waals surface area contributed by atoms with E-state index in [9.17, 15) is 9.59 Å². The maximum absolute atomic E-state index is 12.4. The highest BCUT2D eigenvalue weighted by atomic mass is 16.5. The number of aliphatic carboxylic acids is 1. The van der Waals surface area contributed by atoms with Crippen molar-refractivity contribution in [3.05, 3.63) is 54.1 Å². The number of ether oxygens (including phenoxy) is 1. The molecule has 0 spiro atoms. The molecule has 2 aromatic rings. The molecule has 0 saturated heterocycles. The quantitative estimate of drug-likeness (QED) is 0.411. The van der Waals surface area contributed by atoms with Crippen molar-refractivity contribution < 1.29 is 19.4 Å². The fourth-order valence-electron chi connectivity index (χ4n) is 2.42. The van der Waals surface area contributed by atoms with Gasteiger partial charge in [-0.3, -0.25) is 4.79 Å². The van der Waals surface area contributed by atoms with Crippen molar-refractivity contribution in [3.63, 3.8) is 0 Å². The predicted molar refractivity (Wildman–Crippen MR) is 102 cm³/mol. The Kier molecular flexibility index (Phi) is 7.37. The molecule has 0 saturated carbocycles. The molecule has 0 radical (unpaired) electrons. The molecule has 1 aromatic heterocycles. The minimum atomic E-state index is -1.12. The summed E-state index contributed by atoms with van der Waals surface area (Å²) in [6.07, 6.45) is 1.69. The largest absolute Gasteiger partial charge is 0.497 e. The van der Waals surface area contributed by atoms with Gasteiger partial charge in [-0.25, -0.2) is 9.48 Å². The van der Waals surface area contributed by atoms with Crippen molar-refractivity contribution in [1.29, 1.82) is 0 Å². The maximum Gasteiger partial charge on any atom is 0.323 e. The first-order valence-corrected chi connectivity index (χ1v) is 8.66. The molecule has 1 aromatic carbocycles. The SMILES string of the molecule is C=C(Cn1cc(CN(Cc2ccc(N)cc2)C(=O)NCC(=O)O)nn1)OCC. The molecule has 28 heavy (non-hydrogen) atoms. The highest BCUT2D eigenvalue weighted by Crippen LogP contribution is 2.11. The summed E-state index contributed by atoms with van der Waals surface area (Å²) in [5, 5.41) is 19.2. The van der Waals surface area contributed by atoms with E-state index in [4.69, 9.17) is 15.6 Å². The first-order valence-electron chi connectivity index (χ1n) is 8.66. The lowest BCUT2D eigenvalue weighted by atomic mass is 10.2. The first kappa shape index (κ1) is 20.7. The van der Waals surface area contributed by atoms with Gasteiger partial charge in [-0.05, 0) is 24.6 Å². The number of nitrogens with two attached hydrogens (primary N) is 1. The molecule has 0 fully saturated rings. The Bertz CT molecular complexity index is 818. The Hall–Kier alpha value is -3.56. The molecule has 0 aliphatic rings. The fraction of sp³-hybridized carbons (Fsp3) is 0.333. The highest BCUT2D eigenvalue weighted by molar-refractivity contribution is 5.79. The van der Waals surface area contributed by atoms with Crippen molar-refractivity contribution in [2.45, 2.75) is 26.6 Å². The van der Waals surface area contributed by atoms with Crippen LogP contribution >= 0.6 is 0 Å². The lowest BCUT2D eigenvalue weighted by molar-refractivity contribution is -0.135. The van der Waals surface area contributed by atoms with Crippen molar-refractivity contribution in [2.24, 2.45) is 0 Å². The Morgan fingerprint density at radius 3 is 2.68 bits per heavy atom. The smallest absolute Gasteiger partial charge is 0.323 e. The van der Waals surface area contributed by atoms with Gasteiger partial charge in [-0.1, -0.05) is 23.9 Å². The average Bonchev–Trinajstić information content (AvgIpc) is 3.08. The number of hydrogen-bond donors (Lipinski definition) is 3. The number of nitrogens with zero attached hydrogens (tertiary/aromatic N) is 4. The Morgan fingerprint density at radius 1 is 1.32 bits per heavy atom. The third kappa shape index (κ3) is 6.63. The second-order valence-electron chi connectivity index (χ2n) is 6.03. The van der Waals surface area contributed by atoms with Crippen LogP contribution in [0.15, 0.2) is 42.8 Å². The predicted octanol–water partition coefficient (Wildman–Crippen LogP) is 1.21. The molecular formula is C18H24N6O4. The number of carbonyl (C=O) groups is 2. The summed E-state index contributed by atoms with van der Waals surface area (Å²) in [7, 11) is 0. The van der Waals surface area contributed by atoms with Crippen LogP contribution in [0, 0.1) is 0 Å². The summed E-state index contributed by atoms with van der Waals surface area (Å²) in [6, 6.07) is 6.55. The van der Waals surface area contributed by atoms with Crippen LogP contribution in [0.4, 0.5) is 10.5 Å². The number of urea groups is 1. The maximum atomic E-state index is 12.4. The number of nitrogens with one attached hydrogen (secondary N) is 1. The molecule has 1 heterocycles. The van der Waals surface area contributed by atoms with E-state index in [0.717, 1.165) is 5.56 Å². The summed E-state index contributed by atoms with van der Waals surface area (Å²) in [4.78, 5) is 24.6. The summed E-state index contributed by atoms with van der Waals surface area (Å²) < 4.78 is 6.85. The molecule has 0 aliphatic carbocycles. The van der Waals surface area contributed by atoms with Gasteiger partial charge in [0.15, 0.2) is 0 Å². The van der Waals surface area contributed by atoms with E-state index >= 15 is 0 Å². The molecule has 2 amide bonds. The van der Waals surface area contributed by atoms with Crippen LogP contribution in [-0.2, 0) is 29.2 Å². The Labute approximate surface area is 162 Å². The number of allylic oxidation sites excluding steroid dienone is 1. The number of nitrogen functional groups attached to an aromatic ring is 1. The summed E-state index contributed by atoms with van der Waals surface area (Å²) >= 11 is 0. The van der Waals surface area contributed by atoms with Gasteiger partial charge in [0, 0.05) is 12.2 Å². The second-order valence-corrected chi connectivity index (χ2v) is 6.03. The van der Waals surface area contributed by atoms with Gasteiger partial charge in [0.1, 0.15) is 18.0 Å². The monoisotopic (exact) mass is 388 g/mol. The zero-order valence-electron chi connectivity index (χ0n) is 15.7. The van der Waals surface area contributed by atoms with Crippen LogP contribution in [0.3, 0.4) is 0 Å². The molecule has 2 rings (SSSR count). The number of amides is 2. The van der Waals surface area contributed by atoms with Crippen LogP contribution in [0.1, 0.15) is 18.2 Å². The Balaban J connectivity index is 2.08. The van der Waals surface area contributed by atoms with Gasteiger partial charge in [0.25, 0.3) is 0 Å². The summed E-state index contributed by atoms with van der Waals surface area (Å²) in [6.45, 7) is 6.45. The normalized spacial score (nSPS) is 10.3. The third-order valence-electron chi connectivity index (χ3n) is 3.66. The van der Waals surface area contributed by atoms with Gasteiger partial charge >= 0.3 is 12.0 Å². The number of carbonyl (C=O) groups excluding carboxylic acids is 1. The van der Waals surface area contributed by atoms with E-state index in [1.54, 1.807) is 35.1 Å². The van der Waals surface area contributed by atoms with E-state index in [1.807, 2.05) is 6.92 Å². The number of aromatic nitrogens is 3. The molecule has 10 nitrogen and oxygen atoms in total. The van der Waals surface area contributed by atoms with Gasteiger partial charge < -0.3 is 25.8 Å². The average molecular weight is 388 g/mol. The van der Waals surface area contributed by atoms with Crippen LogP contribution in [0.5, 0.6) is 0 Å². The van der Waals surface area contributed by atoms with Gasteiger partial charge in [-0.2, -0.15) is 0 Å². The molecule has 0 aliphatic heterocycles. The lowest BCUT2D eigenvalue weighted by Gasteiger charge is -2.22. The van der Waals surface area contributed by atoms with Crippen molar-refractivity contribution in [1.82, 2.24) is 25.2 Å². The van der Waals surface area contributed by atoms with E-state index in [2.05, 4.69) is 22.2 Å². The fourth-order valence-corrected chi connectivity index (χ4v) is 2.42. The van der Waals surface area contributed by atoms with Gasteiger partial charge in [-0.15, -0.1) is 5.10 Å².